The quantitative estimate of drug-likeness (QED) is 0.747. The monoisotopic (exact) mass is 386 g/mol. The van der Waals surface area contributed by atoms with Crippen molar-refractivity contribution in [2.45, 2.75) is 38.4 Å². The number of thiazole rings is 1. The molecule has 3 aromatic rings. The van der Waals surface area contributed by atoms with E-state index in [9.17, 15) is 0 Å². The Morgan fingerprint density at radius 3 is 2.92 bits per heavy atom. The highest BCUT2D eigenvalue weighted by molar-refractivity contribution is 7.20. The van der Waals surface area contributed by atoms with Gasteiger partial charge in [-0.3, -0.25) is 4.90 Å². The van der Waals surface area contributed by atoms with E-state index in [0.29, 0.717) is 5.92 Å². The molecule has 0 bridgehead atoms. The molecule has 0 atom stereocenters. The van der Waals surface area contributed by atoms with Crippen LogP contribution < -0.4 is 5.32 Å². The third kappa shape index (κ3) is 3.22. The third-order valence-corrected chi connectivity index (χ3v) is 7.20. The lowest BCUT2D eigenvalue weighted by molar-refractivity contribution is 0.198. The van der Waals surface area contributed by atoms with E-state index in [2.05, 4.69) is 47.9 Å². The van der Waals surface area contributed by atoms with Crippen LogP contribution in [0.1, 0.15) is 36.1 Å². The average Bonchev–Trinajstić information content (AvgIpc) is 3.43. The van der Waals surface area contributed by atoms with Crippen LogP contribution >= 0.6 is 22.7 Å². The number of likely N-dealkylation sites (tertiary alicyclic amines) is 1. The van der Waals surface area contributed by atoms with Gasteiger partial charge in [0.05, 0.1) is 17.1 Å². The van der Waals surface area contributed by atoms with Crippen LogP contribution in [0.5, 0.6) is 0 Å². The summed E-state index contributed by atoms with van der Waals surface area (Å²) in [6.45, 7) is 6.04. The summed E-state index contributed by atoms with van der Waals surface area (Å²) in [6, 6.07) is 4.23. The Morgan fingerprint density at radius 1 is 1.15 bits per heavy atom. The molecule has 136 valence electrons. The maximum atomic E-state index is 4.83. The van der Waals surface area contributed by atoms with Crippen LogP contribution in [0, 0.1) is 0 Å². The van der Waals surface area contributed by atoms with Crippen LogP contribution in [0.4, 0.5) is 0 Å². The highest BCUT2D eigenvalue weighted by atomic mass is 32.1. The molecule has 3 aromatic heterocycles. The number of rotatable bonds is 4. The minimum atomic E-state index is 0.544. The molecule has 2 aliphatic heterocycles. The third-order valence-electron chi connectivity index (χ3n) is 5.27. The summed E-state index contributed by atoms with van der Waals surface area (Å²) in [5, 5.41) is 17.7. The average molecular weight is 387 g/mol. The summed E-state index contributed by atoms with van der Waals surface area (Å²) in [6.07, 6.45) is 2.32. The van der Waals surface area contributed by atoms with Gasteiger partial charge in [0.15, 0.2) is 0 Å². The van der Waals surface area contributed by atoms with Crippen LogP contribution in [0.15, 0.2) is 22.9 Å². The maximum absolute atomic E-state index is 4.83. The Bertz CT molecular complexity index is 860. The molecular weight excluding hydrogens is 364 g/mol. The minimum absolute atomic E-state index is 0.544. The van der Waals surface area contributed by atoms with Crippen LogP contribution in [-0.2, 0) is 19.6 Å². The van der Waals surface area contributed by atoms with Gasteiger partial charge in [-0.25, -0.2) is 4.98 Å². The molecule has 2 aliphatic rings. The van der Waals surface area contributed by atoms with Crippen molar-refractivity contribution in [3.8, 4) is 9.88 Å². The number of thiophene rings is 1. The standard InChI is InChI=1S/C18H22N6S2/c1-2-15(25-9-1)18-20-14(12-26-18)11-23-6-3-13(4-7-23)17-22-21-16-10-19-5-8-24(16)17/h1-2,9,12-13,19H,3-8,10-11H2. The zero-order valence-corrected chi connectivity index (χ0v) is 16.2. The molecular formula is C18H22N6S2. The topological polar surface area (TPSA) is 58.9 Å². The van der Waals surface area contributed by atoms with E-state index in [1.54, 1.807) is 22.7 Å². The van der Waals surface area contributed by atoms with E-state index in [0.717, 1.165) is 62.9 Å². The molecule has 8 heteroatoms. The van der Waals surface area contributed by atoms with E-state index < -0.39 is 0 Å². The smallest absolute Gasteiger partial charge is 0.147 e. The van der Waals surface area contributed by atoms with Crippen molar-refractivity contribution in [3.05, 3.63) is 40.2 Å². The largest absolute Gasteiger partial charge is 0.312 e. The molecule has 0 saturated carbocycles. The van der Waals surface area contributed by atoms with Gasteiger partial charge in [-0.1, -0.05) is 6.07 Å². The summed E-state index contributed by atoms with van der Waals surface area (Å²) in [5.41, 5.74) is 1.20. The lowest BCUT2D eigenvalue weighted by Gasteiger charge is -2.31. The first-order valence-electron chi connectivity index (χ1n) is 9.20. The van der Waals surface area contributed by atoms with Crippen molar-refractivity contribution in [2.24, 2.45) is 0 Å². The molecule has 1 fully saturated rings. The van der Waals surface area contributed by atoms with Gasteiger partial charge in [0.2, 0.25) is 0 Å². The van der Waals surface area contributed by atoms with Gasteiger partial charge in [0.1, 0.15) is 16.7 Å². The minimum Gasteiger partial charge on any atom is -0.312 e. The van der Waals surface area contributed by atoms with Gasteiger partial charge in [0.25, 0.3) is 0 Å². The second-order valence-electron chi connectivity index (χ2n) is 6.97. The van der Waals surface area contributed by atoms with Crippen molar-refractivity contribution >= 4 is 22.7 Å². The van der Waals surface area contributed by atoms with E-state index in [1.165, 1.54) is 16.4 Å². The first-order valence-corrected chi connectivity index (χ1v) is 11.0. The Balaban J connectivity index is 1.20. The molecule has 0 aromatic carbocycles. The molecule has 0 radical (unpaired) electrons. The lowest BCUT2D eigenvalue weighted by atomic mass is 9.95. The number of piperidine rings is 1. The Morgan fingerprint density at radius 2 is 2.08 bits per heavy atom. The fourth-order valence-electron chi connectivity index (χ4n) is 3.89. The number of hydrogen-bond acceptors (Lipinski definition) is 7. The normalized spacial score (nSPS) is 18.9. The van der Waals surface area contributed by atoms with Crippen LogP contribution in [0.2, 0.25) is 0 Å². The van der Waals surface area contributed by atoms with Gasteiger partial charge in [-0.05, 0) is 37.4 Å². The second-order valence-corrected chi connectivity index (χ2v) is 8.78. The highest BCUT2D eigenvalue weighted by Gasteiger charge is 2.27. The van der Waals surface area contributed by atoms with E-state index in [-0.39, 0.29) is 0 Å². The van der Waals surface area contributed by atoms with E-state index >= 15 is 0 Å². The predicted molar refractivity (Wildman–Crippen MR) is 104 cm³/mol. The van der Waals surface area contributed by atoms with Crippen LogP contribution in [0.3, 0.4) is 0 Å². The molecule has 5 rings (SSSR count). The van der Waals surface area contributed by atoms with Gasteiger partial charge in [-0.15, -0.1) is 32.9 Å². The fraction of sp³-hybridized carbons (Fsp3) is 0.500. The molecule has 5 heterocycles. The zero-order valence-electron chi connectivity index (χ0n) is 14.6. The summed E-state index contributed by atoms with van der Waals surface area (Å²) in [4.78, 5) is 8.62. The number of aromatic nitrogens is 4. The van der Waals surface area contributed by atoms with Gasteiger partial charge < -0.3 is 9.88 Å². The molecule has 0 spiro atoms. The molecule has 0 unspecified atom stereocenters. The highest BCUT2D eigenvalue weighted by Crippen LogP contribution is 2.30. The number of nitrogens with one attached hydrogen (secondary N) is 1. The maximum Gasteiger partial charge on any atom is 0.147 e. The number of fused-ring (bicyclic) bond motifs is 1. The molecule has 1 saturated heterocycles. The van der Waals surface area contributed by atoms with E-state index in [4.69, 9.17) is 4.98 Å². The van der Waals surface area contributed by atoms with Gasteiger partial charge >= 0.3 is 0 Å². The molecule has 0 amide bonds. The van der Waals surface area contributed by atoms with Crippen molar-refractivity contribution in [2.75, 3.05) is 19.6 Å². The summed E-state index contributed by atoms with van der Waals surface area (Å²) in [5.74, 6) is 2.84. The van der Waals surface area contributed by atoms with Gasteiger partial charge in [-0.2, -0.15) is 0 Å². The predicted octanol–water partition coefficient (Wildman–Crippen LogP) is 2.95. The Kier molecular flexibility index (Phi) is 4.58. The Hall–Kier alpha value is -1.61. The van der Waals surface area contributed by atoms with Crippen molar-refractivity contribution in [1.29, 1.82) is 0 Å². The number of hydrogen-bond donors (Lipinski definition) is 1. The zero-order chi connectivity index (χ0) is 17.3. The molecule has 0 aliphatic carbocycles. The summed E-state index contributed by atoms with van der Waals surface area (Å²) < 4.78 is 2.34. The Labute approximate surface area is 160 Å². The number of nitrogens with zero attached hydrogens (tertiary/aromatic N) is 5. The summed E-state index contributed by atoms with van der Waals surface area (Å²) >= 11 is 3.52. The van der Waals surface area contributed by atoms with Crippen molar-refractivity contribution in [1.82, 2.24) is 30.0 Å². The van der Waals surface area contributed by atoms with Gasteiger partial charge in [0, 0.05) is 30.9 Å². The molecule has 6 nitrogen and oxygen atoms in total. The van der Waals surface area contributed by atoms with Crippen LogP contribution in [0.25, 0.3) is 9.88 Å². The SMILES string of the molecule is c1csc(-c2nc(CN3CCC(c4nnc5n4CCNC5)CC3)cs2)c1. The molecule has 26 heavy (non-hydrogen) atoms. The first kappa shape index (κ1) is 16.6. The summed E-state index contributed by atoms with van der Waals surface area (Å²) in [7, 11) is 0. The fourth-order valence-corrected chi connectivity index (χ4v) is 5.51. The van der Waals surface area contributed by atoms with Crippen LogP contribution in [-0.4, -0.2) is 44.3 Å². The molecule has 1 N–H and O–H groups in total. The lowest BCUT2D eigenvalue weighted by Crippen LogP contribution is -2.34. The first-order chi connectivity index (χ1) is 12.9. The van der Waals surface area contributed by atoms with Crippen molar-refractivity contribution < 1.29 is 0 Å². The van der Waals surface area contributed by atoms with E-state index in [1.807, 2.05) is 0 Å². The second kappa shape index (κ2) is 7.19. The van der Waals surface area contributed by atoms with Crippen molar-refractivity contribution in [3.63, 3.8) is 0 Å².